The summed E-state index contributed by atoms with van der Waals surface area (Å²) >= 11 is 0. The number of pyridine rings is 1. The minimum absolute atomic E-state index is 0.299. The molecule has 2 aromatic heterocycles. The van der Waals surface area contributed by atoms with Crippen LogP contribution < -0.4 is 10.6 Å². The van der Waals surface area contributed by atoms with E-state index in [-0.39, 0.29) is 0 Å². The fourth-order valence-electron chi connectivity index (χ4n) is 2.58. The van der Waals surface area contributed by atoms with Gasteiger partial charge in [0.1, 0.15) is 5.82 Å². The molecule has 3 rings (SSSR count). The Labute approximate surface area is 154 Å². The molecule has 2 N–H and O–H groups in total. The number of benzene rings is 1. The molecule has 0 bridgehead atoms. The fraction of sp³-hybridized carbons (Fsp3) is 0.286. The zero-order valence-electron chi connectivity index (χ0n) is 15.7. The Morgan fingerprint density at radius 2 is 1.92 bits per heavy atom. The Bertz CT molecular complexity index is 877. The predicted molar refractivity (Wildman–Crippen MR) is 108 cm³/mol. The molecule has 0 spiro atoms. The van der Waals surface area contributed by atoms with Crippen LogP contribution in [0.25, 0.3) is 11.3 Å². The SMILES string of the molecule is CC[C@@H](C)Nc1nc(Nc2cccc(C)c2C)cc(-c2cccnc2)n1. The summed E-state index contributed by atoms with van der Waals surface area (Å²) in [5.74, 6) is 1.38. The van der Waals surface area contributed by atoms with Crippen molar-refractivity contribution in [3.8, 4) is 11.3 Å². The normalized spacial score (nSPS) is 11.8. The molecule has 0 unspecified atom stereocenters. The van der Waals surface area contributed by atoms with E-state index in [9.17, 15) is 0 Å². The van der Waals surface area contributed by atoms with Gasteiger partial charge < -0.3 is 10.6 Å². The Morgan fingerprint density at radius 1 is 1.08 bits per heavy atom. The monoisotopic (exact) mass is 347 g/mol. The van der Waals surface area contributed by atoms with E-state index in [1.807, 2.05) is 30.5 Å². The van der Waals surface area contributed by atoms with Crippen molar-refractivity contribution in [3.63, 3.8) is 0 Å². The van der Waals surface area contributed by atoms with E-state index < -0.39 is 0 Å². The van der Waals surface area contributed by atoms with Crippen LogP contribution >= 0.6 is 0 Å². The zero-order valence-corrected chi connectivity index (χ0v) is 15.7. The van der Waals surface area contributed by atoms with Gasteiger partial charge in [-0.15, -0.1) is 0 Å². The molecule has 26 heavy (non-hydrogen) atoms. The summed E-state index contributed by atoms with van der Waals surface area (Å²) < 4.78 is 0. The molecule has 0 saturated carbocycles. The molecule has 0 radical (unpaired) electrons. The quantitative estimate of drug-likeness (QED) is 0.649. The van der Waals surface area contributed by atoms with Gasteiger partial charge in [-0.3, -0.25) is 4.98 Å². The van der Waals surface area contributed by atoms with Crippen LogP contribution in [0.1, 0.15) is 31.4 Å². The molecule has 134 valence electrons. The number of aromatic nitrogens is 3. The average molecular weight is 347 g/mol. The lowest BCUT2D eigenvalue weighted by molar-refractivity contribution is 0.753. The highest BCUT2D eigenvalue weighted by molar-refractivity contribution is 5.68. The van der Waals surface area contributed by atoms with Crippen molar-refractivity contribution in [3.05, 3.63) is 59.9 Å². The van der Waals surface area contributed by atoms with Gasteiger partial charge in [0.25, 0.3) is 0 Å². The van der Waals surface area contributed by atoms with Gasteiger partial charge in [0.15, 0.2) is 0 Å². The van der Waals surface area contributed by atoms with Gasteiger partial charge in [0.05, 0.1) is 5.69 Å². The number of nitrogens with zero attached hydrogens (tertiary/aromatic N) is 3. The van der Waals surface area contributed by atoms with E-state index in [4.69, 9.17) is 0 Å². The van der Waals surface area contributed by atoms with Gasteiger partial charge in [-0.2, -0.15) is 4.98 Å². The Hall–Kier alpha value is -2.95. The van der Waals surface area contributed by atoms with Crippen molar-refractivity contribution in [1.29, 1.82) is 0 Å². The summed E-state index contributed by atoms with van der Waals surface area (Å²) in [6.45, 7) is 8.48. The van der Waals surface area contributed by atoms with E-state index in [0.29, 0.717) is 12.0 Å². The number of nitrogens with one attached hydrogen (secondary N) is 2. The third kappa shape index (κ3) is 4.17. The highest BCUT2D eigenvalue weighted by atomic mass is 15.2. The molecule has 1 atom stereocenters. The molecule has 3 aromatic rings. The second-order valence-corrected chi connectivity index (χ2v) is 6.53. The topological polar surface area (TPSA) is 62.7 Å². The number of hydrogen-bond acceptors (Lipinski definition) is 5. The first-order valence-corrected chi connectivity index (χ1v) is 8.96. The molecule has 0 aliphatic heterocycles. The fourth-order valence-corrected chi connectivity index (χ4v) is 2.58. The molecule has 5 nitrogen and oxygen atoms in total. The summed E-state index contributed by atoms with van der Waals surface area (Å²) in [4.78, 5) is 13.5. The first-order valence-electron chi connectivity index (χ1n) is 8.96. The largest absolute Gasteiger partial charge is 0.352 e. The maximum Gasteiger partial charge on any atom is 0.225 e. The van der Waals surface area contributed by atoms with E-state index in [2.05, 4.69) is 65.4 Å². The second kappa shape index (κ2) is 7.95. The lowest BCUT2D eigenvalue weighted by Gasteiger charge is -2.15. The Kier molecular flexibility index (Phi) is 5.46. The Balaban J connectivity index is 2.00. The minimum atomic E-state index is 0.299. The van der Waals surface area contributed by atoms with E-state index in [1.54, 1.807) is 6.20 Å². The minimum Gasteiger partial charge on any atom is -0.352 e. The summed E-state index contributed by atoms with van der Waals surface area (Å²) in [5.41, 5.74) is 5.31. The molecular weight excluding hydrogens is 322 g/mol. The average Bonchev–Trinajstić information content (AvgIpc) is 2.66. The molecule has 0 fully saturated rings. The van der Waals surface area contributed by atoms with Crippen LogP contribution in [0.2, 0.25) is 0 Å². The van der Waals surface area contributed by atoms with Crippen LogP contribution in [0.5, 0.6) is 0 Å². The van der Waals surface area contributed by atoms with Crippen LogP contribution in [0.3, 0.4) is 0 Å². The third-order valence-corrected chi connectivity index (χ3v) is 4.54. The molecule has 0 saturated heterocycles. The van der Waals surface area contributed by atoms with Crippen LogP contribution in [0, 0.1) is 13.8 Å². The van der Waals surface area contributed by atoms with Crippen LogP contribution in [-0.2, 0) is 0 Å². The number of rotatable bonds is 6. The van der Waals surface area contributed by atoms with Crippen molar-refractivity contribution < 1.29 is 0 Å². The Morgan fingerprint density at radius 3 is 2.65 bits per heavy atom. The molecule has 1 aromatic carbocycles. The van der Waals surface area contributed by atoms with Crippen molar-refractivity contribution in [2.24, 2.45) is 0 Å². The third-order valence-electron chi connectivity index (χ3n) is 4.54. The first-order chi connectivity index (χ1) is 12.6. The highest BCUT2D eigenvalue weighted by Crippen LogP contribution is 2.26. The molecule has 0 aliphatic rings. The predicted octanol–water partition coefficient (Wildman–Crippen LogP) is 5.11. The van der Waals surface area contributed by atoms with Gasteiger partial charge >= 0.3 is 0 Å². The molecule has 2 heterocycles. The molecule has 0 amide bonds. The van der Waals surface area contributed by atoms with E-state index in [0.717, 1.165) is 29.2 Å². The summed E-state index contributed by atoms with van der Waals surface area (Å²) in [6.07, 6.45) is 4.58. The van der Waals surface area contributed by atoms with Crippen molar-refractivity contribution in [2.45, 2.75) is 40.2 Å². The summed E-state index contributed by atoms with van der Waals surface area (Å²) in [5, 5.41) is 6.81. The van der Waals surface area contributed by atoms with E-state index >= 15 is 0 Å². The zero-order chi connectivity index (χ0) is 18.5. The maximum atomic E-state index is 4.67. The number of aryl methyl sites for hydroxylation is 1. The molecule has 0 aliphatic carbocycles. The van der Waals surface area contributed by atoms with E-state index in [1.165, 1.54) is 11.1 Å². The van der Waals surface area contributed by atoms with Gasteiger partial charge in [-0.25, -0.2) is 4.98 Å². The van der Waals surface area contributed by atoms with Gasteiger partial charge in [0.2, 0.25) is 5.95 Å². The molecular formula is C21H25N5. The van der Waals surface area contributed by atoms with Crippen molar-refractivity contribution in [2.75, 3.05) is 10.6 Å². The molecule has 5 heteroatoms. The second-order valence-electron chi connectivity index (χ2n) is 6.53. The van der Waals surface area contributed by atoms with Gasteiger partial charge in [0, 0.05) is 35.8 Å². The smallest absolute Gasteiger partial charge is 0.225 e. The maximum absolute atomic E-state index is 4.67. The lowest BCUT2D eigenvalue weighted by Crippen LogP contribution is -2.16. The van der Waals surface area contributed by atoms with Crippen LogP contribution in [0.15, 0.2) is 48.8 Å². The lowest BCUT2D eigenvalue weighted by atomic mass is 10.1. The van der Waals surface area contributed by atoms with Gasteiger partial charge in [-0.05, 0) is 56.5 Å². The van der Waals surface area contributed by atoms with Crippen molar-refractivity contribution >= 4 is 17.5 Å². The first kappa shape index (κ1) is 17.9. The van der Waals surface area contributed by atoms with Crippen LogP contribution in [-0.4, -0.2) is 21.0 Å². The highest BCUT2D eigenvalue weighted by Gasteiger charge is 2.10. The number of anilines is 3. The van der Waals surface area contributed by atoms with Crippen molar-refractivity contribution in [1.82, 2.24) is 15.0 Å². The number of hydrogen-bond donors (Lipinski definition) is 2. The standard InChI is InChI=1S/C21H25N5/c1-5-15(3)23-21-25-19(17-9-7-11-22-13-17)12-20(26-21)24-18-10-6-8-14(2)16(18)4/h6-13,15H,5H2,1-4H3,(H2,23,24,25,26)/t15-/m1/s1. The summed E-state index contributed by atoms with van der Waals surface area (Å²) in [6, 6.07) is 12.4. The van der Waals surface area contributed by atoms with Gasteiger partial charge in [-0.1, -0.05) is 19.1 Å². The van der Waals surface area contributed by atoms with Crippen LogP contribution in [0.4, 0.5) is 17.5 Å². The summed E-state index contributed by atoms with van der Waals surface area (Å²) in [7, 11) is 0.